The Hall–Kier alpha value is -1.51. The molecule has 0 atom stereocenters. The molecule has 0 radical (unpaired) electrons. The standard InChI is InChI=1S/C9H12N2O/c1-10(2)6-3-9-4-7-11(12)8-5-9/h3-8H,1-2H3/b6-3+. The number of nitrogens with zero attached hydrogens (tertiary/aromatic N) is 2. The predicted octanol–water partition coefficient (Wildman–Crippen LogP) is 0.852. The highest BCUT2D eigenvalue weighted by Crippen LogP contribution is 1.98. The van der Waals surface area contributed by atoms with E-state index in [0.717, 1.165) is 10.3 Å². The zero-order valence-corrected chi connectivity index (χ0v) is 7.27. The summed E-state index contributed by atoms with van der Waals surface area (Å²) in [5, 5.41) is 10.6. The summed E-state index contributed by atoms with van der Waals surface area (Å²) in [7, 11) is 3.90. The Balaban J connectivity index is 2.71. The van der Waals surface area contributed by atoms with Gasteiger partial charge in [0.15, 0.2) is 12.4 Å². The summed E-state index contributed by atoms with van der Waals surface area (Å²) in [6, 6.07) is 3.54. The topological polar surface area (TPSA) is 30.2 Å². The van der Waals surface area contributed by atoms with Crippen LogP contribution in [0.2, 0.25) is 0 Å². The van der Waals surface area contributed by atoms with Gasteiger partial charge in [0.05, 0.1) is 0 Å². The van der Waals surface area contributed by atoms with Crippen molar-refractivity contribution in [2.24, 2.45) is 0 Å². The molecule has 0 aliphatic carbocycles. The van der Waals surface area contributed by atoms with Crippen LogP contribution in [-0.2, 0) is 0 Å². The van der Waals surface area contributed by atoms with Crippen molar-refractivity contribution < 1.29 is 4.73 Å². The SMILES string of the molecule is CN(C)/C=C/c1cc[n+]([O-])cc1. The van der Waals surface area contributed by atoms with E-state index in [-0.39, 0.29) is 0 Å². The Morgan fingerprint density at radius 1 is 1.33 bits per heavy atom. The number of pyridine rings is 1. The molecule has 0 bridgehead atoms. The van der Waals surface area contributed by atoms with Gasteiger partial charge in [-0.05, 0) is 17.8 Å². The van der Waals surface area contributed by atoms with Crippen molar-refractivity contribution >= 4 is 6.08 Å². The Bertz CT molecular complexity index is 264. The molecule has 0 saturated heterocycles. The largest absolute Gasteiger partial charge is 0.619 e. The quantitative estimate of drug-likeness (QED) is 0.479. The van der Waals surface area contributed by atoms with Crippen LogP contribution in [0.3, 0.4) is 0 Å². The second-order valence-corrected chi connectivity index (χ2v) is 2.77. The molecule has 0 unspecified atom stereocenters. The normalized spacial score (nSPS) is 10.5. The summed E-state index contributed by atoms with van der Waals surface area (Å²) in [5.74, 6) is 0. The fraction of sp³-hybridized carbons (Fsp3) is 0.222. The first-order valence-corrected chi connectivity index (χ1v) is 3.72. The first kappa shape index (κ1) is 8.59. The third-order valence-electron chi connectivity index (χ3n) is 1.39. The summed E-state index contributed by atoms with van der Waals surface area (Å²) in [4.78, 5) is 1.94. The molecule has 0 aliphatic rings. The average molecular weight is 164 g/mol. The van der Waals surface area contributed by atoms with Crippen LogP contribution in [0.25, 0.3) is 6.08 Å². The van der Waals surface area contributed by atoms with Gasteiger partial charge in [-0.15, -0.1) is 0 Å². The summed E-state index contributed by atoms with van der Waals surface area (Å²) in [6.07, 6.45) is 6.84. The van der Waals surface area contributed by atoms with E-state index in [1.54, 1.807) is 12.1 Å². The fourth-order valence-corrected chi connectivity index (χ4v) is 0.771. The lowest BCUT2D eigenvalue weighted by Crippen LogP contribution is -2.23. The summed E-state index contributed by atoms with van der Waals surface area (Å²) in [6.45, 7) is 0. The molecular formula is C9H12N2O. The third kappa shape index (κ3) is 2.62. The molecular weight excluding hydrogens is 152 g/mol. The maximum absolute atomic E-state index is 10.6. The predicted molar refractivity (Wildman–Crippen MR) is 48.1 cm³/mol. The van der Waals surface area contributed by atoms with E-state index in [1.165, 1.54) is 12.4 Å². The lowest BCUT2D eigenvalue weighted by Gasteiger charge is -2.02. The highest BCUT2D eigenvalue weighted by atomic mass is 16.5. The van der Waals surface area contributed by atoms with Crippen molar-refractivity contribution in [3.63, 3.8) is 0 Å². The van der Waals surface area contributed by atoms with Crippen molar-refractivity contribution in [1.29, 1.82) is 0 Å². The second-order valence-electron chi connectivity index (χ2n) is 2.77. The van der Waals surface area contributed by atoms with Gasteiger partial charge in [-0.1, -0.05) is 0 Å². The van der Waals surface area contributed by atoms with E-state index in [9.17, 15) is 5.21 Å². The zero-order chi connectivity index (χ0) is 8.97. The number of aromatic nitrogens is 1. The molecule has 1 rings (SSSR count). The van der Waals surface area contributed by atoms with Gasteiger partial charge >= 0.3 is 0 Å². The maximum Gasteiger partial charge on any atom is 0.180 e. The highest BCUT2D eigenvalue weighted by Gasteiger charge is 1.88. The van der Waals surface area contributed by atoms with Crippen LogP contribution in [0.5, 0.6) is 0 Å². The van der Waals surface area contributed by atoms with Crippen LogP contribution in [0.4, 0.5) is 0 Å². The van der Waals surface area contributed by atoms with Crippen LogP contribution >= 0.6 is 0 Å². The molecule has 1 heterocycles. The van der Waals surface area contributed by atoms with Crippen molar-refractivity contribution in [3.8, 4) is 0 Å². The molecule has 0 amide bonds. The van der Waals surface area contributed by atoms with Crippen molar-refractivity contribution in [1.82, 2.24) is 4.90 Å². The van der Waals surface area contributed by atoms with E-state index in [0.29, 0.717) is 0 Å². The zero-order valence-electron chi connectivity index (χ0n) is 7.27. The lowest BCUT2D eigenvalue weighted by molar-refractivity contribution is -0.605. The van der Waals surface area contributed by atoms with Crippen LogP contribution in [-0.4, -0.2) is 19.0 Å². The van der Waals surface area contributed by atoms with E-state index in [2.05, 4.69) is 0 Å². The smallest absolute Gasteiger partial charge is 0.180 e. The molecule has 12 heavy (non-hydrogen) atoms. The minimum atomic E-state index is 0.771. The van der Waals surface area contributed by atoms with Crippen molar-refractivity contribution in [3.05, 3.63) is 41.5 Å². The van der Waals surface area contributed by atoms with Gasteiger partial charge in [0.1, 0.15) is 0 Å². The number of hydrogen-bond donors (Lipinski definition) is 0. The highest BCUT2D eigenvalue weighted by molar-refractivity contribution is 5.46. The molecule has 0 fully saturated rings. The molecule has 1 aromatic rings. The lowest BCUT2D eigenvalue weighted by atomic mass is 10.3. The Morgan fingerprint density at radius 2 is 1.92 bits per heavy atom. The Labute approximate surface area is 72.1 Å². The van der Waals surface area contributed by atoms with Crippen LogP contribution in [0, 0.1) is 5.21 Å². The third-order valence-corrected chi connectivity index (χ3v) is 1.39. The molecule has 0 aromatic carbocycles. The summed E-state index contributed by atoms with van der Waals surface area (Å²) in [5.41, 5.74) is 1.02. The van der Waals surface area contributed by atoms with Crippen molar-refractivity contribution in [2.45, 2.75) is 0 Å². The van der Waals surface area contributed by atoms with Crippen LogP contribution in [0.15, 0.2) is 30.7 Å². The van der Waals surface area contributed by atoms with E-state index < -0.39 is 0 Å². The summed E-state index contributed by atoms with van der Waals surface area (Å²) < 4.78 is 0.771. The second kappa shape index (κ2) is 3.76. The minimum absolute atomic E-state index is 0.771. The Morgan fingerprint density at radius 3 is 2.42 bits per heavy atom. The molecule has 1 aromatic heterocycles. The molecule has 0 saturated carbocycles. The monoisotopic (exact) mass is 164 g/mol. The van der Waals surface area contributed by atoms with Gasteiger partial charge in [0.2, 0.25) is 0 Å². The first-order chi connectivity index (χ1) is 5.68. The molecule has 3 heteroatoms. The summed E-state index contributed by atoms with van der Waals surface area (Å²) >= 11 is 0. The van der Waals surface area contributed by atoms with Crippen LogP contribution < -0.4 is 4.73 Å². The number of rotatable bonds is 2. The van der Waals surface area contributed by atoms with Gasteiger partial charge in [-0.3, -0.25) is 0 Å². The van der Waals surface area contributed by atoms with Gasteiger partial charge in [-0.2, -0.15) is 4.73 Å². The van der Waals surface area contributed by atoms with Gasteiger partial charge in [0.25, 0.3) is 0 Å². The van der Waals surface area contributed by atoms with Crippen LogP contribution in [0.1, 0.15) is 5.56 Å². The minimum Gasteiger partial charge on any atom is -0.619 e. The first-order valence-electron chi connectivity index (χ1n) is 3.72. The van der Waals surface area contributed by atoms with Gasteiger partial charge < -0.3 is 10.1 Å². The molecule has 0 spiro atoms. The maximum atomic E-state index is 10.6. The Kier molecular flexibility index (Phi) is 2.69. The molecule has 3 nitrogen and oxygen atoms in total. The molecule has 0 aliphatic heterocycles. The molecule has 64 valence electrons. The van der Waals surface area contributed by atoms with E-state index in [4.69, 9.17) is 0 Å². The van der Waals surface area contributed by atoms with Gasteiger partial charge in [-0.25, -0.2) is 0 Å². The molecule has 0 N–H and O–H groups in total. The van der Waals surface area contributed by atoms with E-state index in [1.807, 2.05) is 31.3 Å². The fourth-order valence-electron chi connectivity index (χ4n) is 0.771. The van der Waals surface area contributed by atoms with Gasteiger partial charge in [0, 0.05) is 26.2 Å². The van der Waals surface area contributed by atoms with E-state index >= 15 is 0 Å². The van der Waals surface area contributed by atoms with Crippen molar-refractivity contribution in [2.75, 3.05) is 14.1 Å². The number of hydrogen-bond acceptors (Lipinski definition) is 2. The average Bonchev–Trinajstić information content (AvgIpc) is 2.03.